The maximum Gasteiger partial charge on any atom is 0.244 e. The number of hydrogen-bond acceptors (Lipinski definition) is 4. The van der Waals surface area contributed by atoms with E-state index >= 15 is 0 Å². The maximum atomic E-state index is 12.2. The molecule has 2 rings (SSSR count). The van der Waals surface area contributed by atoms with E-state index in [-0.39, 0.29) is 11.9 Å². The predicted molar refractivity (Wildman–Crippen MR) is 112 cm³/mol. The number of hydrogen-bond donors (Lipinski definition) is 1. The van der Waals surface area contributed by atoms with E-state index in [1.54, 1.807) is 19.3 Å². The number of rotatable bonds is 10. The van der Waals surface area contributed by atoms with Gasteiger partial charge in [-0.2, -0.15) is 0 Å². The molecule has 0 aliphatic heterocycles. The van der Waals surface area contributed by atoms with Gasteiger partial charge in [-0.1, -0.05) is 30.9 Å². The standard InChI is InChI=1S/C23H27NO4/c1-5-15-28-21-13-7-18(16-22(21)26-4)8-14-23(25)24-17(3)19-9-11-20(12-10-19)27-6-2/h5,7-14,16-17H,1,6,15H2,2-4H3,(H,24,25)/b14-8+. The Kier molecular flexibility index (Phi) is 8.15. The van der Waals surface area contributed by atoms with Crippen LogP contribution >= 0.6 is 0 Å². The first-order chi connectivity index (χ1) is 13.6. The summed E-state index contributed by atoms with van der Waals surface area (Å²) >= 11 is 0. The van der Waals surface area contributed by atoms with Gasteiger partial charge in [-0.25, -0.2) is 0 Å². The van der Waals surface area contributed by atoms with Gasteiger partial charge >= 0.3 is 0 Å². The minimum Gasteiger partial charge on any atom is -0.494 e. The van der Waals surface area contributed by atoms with Crippen LogP contribution in [-0.2, 0) is 4.79 Å². The van der Waals surface area contributed by atoms with Crippen LogP contribution in [-0.4, -0.2) is 26.2 Å². The van der Waals surface area contributed by atoms with Crippen LogP contribution in [0.15, 0.2) is 61.2 Å². The van der Waals surface area contributed by atoms with Crippen LogP contribution in [0.4, 0.5) is 0 Å². The summed E-state index contributed by atoms with van der Waals surface area (Å²) in [4.78, 5) is 12.2. The lowest BCUT2D eigenvalue weighted by molar-refractivity contribution is -0.117. The van der Waals surface area contributed by atoms with Crippen molar-refractivity contribution in [2.45, 2.75) is 19.9 Å². The zero-order valence-corrected chi connectivity index (χ0v) is 16.6. The predicted octanol–water partition coefficient (Wildman–Crippen LogP) is 4.55. The van der Waals surface area contributed by atoms with E-state index in [2.05, 4.69) is 11.9 Å². The van der Waals surface area contributed by atoms with Crippen LogP contribution in [0, 0.1) is 0 Å². The summed E-state index contributed by atoms with van der Waals surface area (Å²) in [5.74, 6) is 1.88. The lowest BCUT2D eigenvalue weighted by Crippen LogP contribution is -2.24. The van der Waals surface area contributed by atoms with Crippen molar-refractivity contribution in [3.63, 3.8) is 0 Å². The van der Waals surface area contributed by atoms with E-state index in [0.717, 1.165) is 16.9 Å². The summed E-state index contributed by atoms with van der Waals surface area (Å²) in [5.41, 5.74) is 1.85. The summed E-state index contributed by atoms with van der Waals surface area (Å²) in [5, 5.41) is 2.95. The Bertz CT molecular complexity index is 812. The number of methoxy groups -OCH3 is 1. The molecule has 1 amide bonds. The van der Waals surface area contributed by atoms with E-state index < -0.39 is 0 Å². The molecule has 0 bridgehead atoms. The second-order valence-electron chi connectivity index (χ2n) is 6.08. The van der Waals surface area contributed by atoms with E-state index in [4.69, 9.17) is 14.2 Å². The van der Waals surface area contributed by atoms with Crippen molar-refractivity contribution in [3.05, 3.63) is 72.3 Å². The van der Waals surface area contributed by atoms with Gasteiger partial charge in [0.2, 0.25) is 5.91 Å². The van der Waals surface area contributed by atoms with E-state index in [1.165, 1.54) is 6.08 Å². The molecule has 5 heteroatoms. The molecule has 0 saturated heterocycles. The highest BCUT2D eigenvalue weighted by molar-refractivity contribution is 5.92. The van der Waals surface area contributed by atoms with Crippen molar-refractivity contribution in [2.24, 2.45) is 0 Å². The second kappa shape index (κ2) is 10.8. The average Bonchev–Trinajstić information content (AvgIpc) is 2.71. The van der Waals surface area contributed by atoms with Gasteiger partial charge in [0.15, 0.2) is 11.5 Å². The van der Waals surface area contributed by atoms with Gasteiger partial charge in [-0.3, -0.25) is 4.79 Å². The molecule has 0 saturated carbocycles. The first kappa shape index (κ1) is 21.1. The summed E-state index contributed by atoms with van der Waals surface area (Å²) in [7, 11) is 1.58. The van der Waals surface area contributed by atoms with Crippen LogP contribution in [0.3, 0.4) is 0 Å². The normalized spacial score (nSPS) is 11.7. The van der Waals surface area contributed by atoms with Gasteiger partial charge in [0.05, 0.1) is 19.8 Å². The highest BCUT2D eigenvalue weighted by Gasteiger charge is 2.08. The molecule has 5 nitrogen and oxygen atoms in total. The molecule has 0 aliphatic carbocycles. The van der Waals surface area contributed by atoms with Crippen LogP contribution in [0.2, 0.25) is 0 Å². The molecule has 2 aromatic carbocycles. The number of ether oxygens (including phenoxy) is 3. The van der Waals surface area contributed by atoms with Gasteiger partial charge in [0.1, 0.15) is 12.4 Å². The summed E-state index contributed by atoms with van der Waals surface area (Å²) in [6.45, 7) is 8.54. The van der Waals surface area contributed by atoms with Gasteiger partial charge in [0, 0.05) is 6.08 Å². The molecular formula is C23H27NO4. The molecule has 1 atom stereocenters. The Balaban J connectivity index is 1.97. The molecule has 28 heavy (non-hydrogen) atoms. The molecular weight excluding hydrogens is 354 g/mol. The third-order valence-corrected chi connectivity index (χ3v) is 4.02. The molecule has 2 aromatic rings. The van der Waals surface area contributed by atoms with Gasteiger partial charge in [-0.15, -0.1) is 0 Å². The zero-order chi connectivity index (χ0) is 20.4. The fourth-order valence-corrected chi connectivity index (χ4v) is 2.59. The molecule has 0 aromatic heterocycles. The molecule has 0 heterocycles. The van der Waals surface area contributed by atoms with Crippen LogP contribution in [0.25, 0.3) is 6.08 Å². The van der Waals surface area contributed by atoms with Crippen molar-refractivity contribution in [3.8, 4) is 17.2 Å². The van der Waals surface area contributed by atoms with E-state index in [9.17, 15) is 4.79 Å². The van der Waals surface area contributed by atoms with Crippen molar-refractivity contribution >= 4 is 12.0 Å². The Hall–Kier alpha value is -3.21. The number of carbonyl (C=O) groups excluding carboxylic acids is 1. The maximum absolute atomic E-state index is 12.2. The Morgan fingerprint density at radius 3 is 2.54 bits per heavy atom. The smallest absolute Gasteiger partial charge is 0.244 e. The molecule has 1 unspecified atom stereocenters. The van der Waals surface area contributed by atoms with Crippen LogP contribution in [0.5, 0.6) is 17.2 Å². The first-order valence-electron chi connectivity index (χ1n) is 9.20. The summed E-state index contributed by atoms with van der Waals surface area (Å²) in [6, 6.07) is 13.1. The third-order valence-electron chi connectivity index (χ3n) is 4.02. The zero-order valence-electron chi connectivity index (χ0n) is 16.6. The number of carbonyl (C=O) groups is 1. The fourth-order valence-electron chi connectivity index (χ4n) is 2.59. The highest BCUT2D eigenvalue weighted by Crippen LogP contribution is 2.28. The quantitative estimate of drug-likeness (QED) is 0.485. The Labute approximate surface area is 166 Å². The second-order valence-corrected chi connectivity index (χ2v) is 6.08. The van der Waals surface area contributed by atoms with Crippen molar-refractivity contribution < 1.29 is 19.0 Å². The van der Waals surface area contributed by atoms with E-state index in [1.807, 2.05) is 56.3 Å². The van der Waals surface area contributed by atoms with E-state index in [0.29, 0.717) is 24.7 Å². The molecule has 1 N–H and O–H groups in total. The third kappa shape index (κ3) is 6.20. The first-order valence-corrected chi connectivity index (χ1v) is 9.20. The van der Waals surface area contributed by atoms with Crippen molar-refractivity contribution in [2.75, 3.05) is 20.3 Å². The van der Waals surface area contributed by atoms with Gasteiger partial charge < -0.3 is 19.5 Å². The SMILES string of the molecule is C=CCOc1ccc(/C=C/C(=O)NC(C)c2ccc(OCC)cc2)cc1OC. The van der Waals surface area contributed by atoms with Gasteiger partial charge in [0.25, 0.3) is 0 Å². The Morgan fingerprint density at radius 1 is 1.14 bits per heavy atom. The van der Waals surface area contributed by atoms with Gasteiger partial charge in [-0.05, 0) is 55.3 Å². The minimum absolute atomic E-state index is 0.114. The monoisotopic (exact) mass is 381 g/mol. The highest BCUT2D eigenvalue weighted by atomic mass is 16.5. The summed E-state index contributed by atoms with van der Waals surface area (Å²) in [6.07, 6.45) is 4.91. The van der Waals surface area contributed by atoms with Crippen LogP contribution in [0.1, 0.15) is 31.0 Å². The number of benzene rings is 2. The molecule has 148 valence electrons. The largest absolute Gasteiger partial charge is 0.494 e. The van der Waals surface area contributed by atoms with Crippen molar-refractivity contribution in [1.29, 1.82) is 0 Å². The minimum atomic E-state index is -0.174. The average molecular weight is 381 g/mol. The van der Waals surface area contributed by atoms with Crippen LogP contribution < -0.4 is 19.5 Å². The molecule has 0 spiro atoms. The van der Waals surface area contributed by atoms with Crippen molar-refractivity contribution in [1.82, 2.24) is 5.32 Å². The lowest BCUT2D eigenvalue weighted by atomic mass is 10.1. The topological polar surface area (TPSA) is 56.8 Å². The fraction of sp³-hybridized carbons (Fsp3) is 0.261. The summed E-state index contributed by atoms with van der Waals surface area (Å²) < 4.78 is 16.3. The number of nitrogens with one attached hydrogen (secondary N) is 1. The molecule has 0 radical (unpaired) electrons. The number of amides is 1. The Morgan fingerprint density at radius 2 is 1.89 bits per heavy atom. The molecule has 0 aliphatic rings. The molecule has 0 fully saturated rings. The lowest BCUT2D eigenvalue weighted by Gasteiger charge is -2.13.